The smallest absolute Gasteiger partial charge is 0.224 e. The van der Waals surface area contributed by atoms with Crippen molar-refractivity contribution in [1.29, 1.82) is 0 Å². The van der Waals surface area contributed by atoms with Gasteiger partial charge >= 0.3 is 0 Å². The molecule has 5 unspecified atom stereocenters. The third-order valence-electron chi connectivity index (χ3n) is 4.96. The van der Waals surface area contributed by atoms with Crippen molar-refractivity contribution in [1.82, 2.24) is 10.6 Å². The fourth-order valence-electron chi connectivity index (χ4n) is 3.46. The molecule has 1 heterocycles. The molecule has 0 bridgehead atoms. The maximum absolute atomic E-state index is 12.7. The Morgan fingerprint density at radius 1 is 1.21 bits per heavy atom. The van der Waals surface area contributed by atoms with Crippen LogP contribution in [0.5, 0.6) is 5.75 Å². The zero-order chi connectivity index (χ0) is 21.0. The molecule has 1 aromatic rings. The molecule has 9 nitrogen and oxygen atoms in total. The number of anilines is 1. The van der Waals surface area contributed by atoms with E-state index in [9.17, 15) is 19.8 Å². The number of nitrogens with one attached hydrogen (secondary N) is 3. The van der Waals surface area contributed by atoms with Crippen LogP contribution in [0.25, 0.3) is 0 Å². The lowest BCUT2D eigenvalue weighted by Gasteiger charge is -2.37. The lowest BCUT2D eigenvalue weighted by Crippen LogP contribution is -2.54. The molecule has 0 spiro atoms. The summed E-state index contributed by atoms with van der Waals surface area (Å²) in [5, 5.41) is 29.5. The molecule has 0 aromatic heterocycles. The van der Waals surface area contributed by atoms with Gasteiger partial charge in [0.05, 0.1) is 25.2 Å². The fourth-order valence-corrected chi connectivity index (χ4v) is 4.84. The Bertz CT molecular complexity index is 772. The highest BCUT2D eigenvalue weighted by Crippen LogP contribution is 2.41. The Labute approximate surface area is 173 Å². The van der Waals surface area contributed by atoms with Gasteiger partial charge in [-0.05, 0) is 30.7 Å². The third-order valence-corrected chi connectivity index (χ3v) is 6.27. The van der Waals surface area contributed by atoms with E-state index in [2.05, 4.69) is 20.9 Å². The minimum Gasteiger partial charge on any atom is -0.497 e. The second kappa shape index (κ2) is 9.47. The number of aliphatic imine (C=N–C) groups is 1. The number of ether oxygens (including phenoxy) is 1. The topological polar surface area (TPSA) is 132 Å². The molecular weight excluding hydrogens is 396 g/mol. The highest BCUT2D eigenvalue weighted by atomic mass is 32.2. The molecule has 1 saturated carbocycles. The highest BCUT2D eigenvalue weighted by molar-refractivity contribution is 8.15. The summed E-state index contributed by atoms with van der Waals surface area (Å²) in [5.41, 5.74) is 0.807. The Morgan fingerprint density at radius 3 is 2.55 bits per heavy atom. The van der Waals surface area contributed by atoms with Gasteiger partial charge in [-0.2, -0.15) is 0 Å². The summed E-state index contributed by atoms with van der Waals surface area (Å²) < 4.78 is 5.14. The van der Waals surface area contributed by atoms with Gasteiger partial charge in [0.25, 0.3) is 0 Å². The number of amides is 2. The van der Waals surface area contributed by atoms with Gasteiger partial charge in [0.2, 0.25) is 11.8 Å². The summed E-state index contributed by atoms with van der Waals surface area (Å²) in [6.07, 6.45) is -1.88. The minimum absolute atomic E-state index is 0.159. The van der Waals surface area contributed by atoms with Crippen molar-refractivity contribution in [3.63, 3.8) is 0 Å². The summed E-state index contributed by atoms with van der Waals surface area (Å²) in [6.45, 7) is 2.05. The van der Waals surface area contributed by atoms with Crippen LogP contribution in [0, 0.1) is 5.92 Å². The van der Waals surface area contributed by atoms with Gasteiger partial charge < -0.3 is 30.9 Å². The van der Waals surface area contributed by atoms with Crippen molar-refractivity contribution in [2.45, 2.75) is 36.8 Å². The fraction of sp³-hybridized carbons (Fsp3) is 0.526. The molecule has 2 aliphatic rings. The number of amidine groups is 1. The Morgan fingerprint density at radius 2 is 1.90 bits per heavy atom. The van der Waals surface area contributed by atoms with Crippen molar-refractivity contribution < 1.29 is 24.5 Å². The van der Waals surface area contributed by atoms with Crippen molar-refractivity contribution in [2.75, 3.05) is 25.5 Å². The van der Waals surface area contributed by atoms with Gasteiger partial charge in [-0.15, -0.1) is 0 Å². The van der Waals surface area contributed by atoms with Crippen molar-refractivity contribution in [2.24, 2.45) is 10.9 Å². The molecule has 5 N–H and O–H groups in total. The normalized spacial score (nSPS) is 28.1. The summed E-state index contributed by atoms with van der Waals surface area (Å²) in [5.74, 6) is -0.145. The molecule has 10 heteroatoms. The summed E-state index contributed by atoms with van der Waals surface area (Å²) >= 11 is 1.39. The quantitative estimate of drug-likeness (QED) is 0.406. The van der Waals surface area contributed by atoms with Gasteiger partial charge in [0, 0.05) is 31.0 Å². The average molecular weight is 423 g/mol. The average Bonchev–Trinajstić information content (AvgIpc) is 3.12. The van der Waals surface area contributed by atoms with Crippen molar-refractivity contribution >= 4 is 34.4 Å². The van der Waals surface area contributed by atoms with Crippen LogP contribution in [-0.2, 0) is 9.59 Å². The second-order valence-electron chi connectivity index (χ2n) is 7.03. The van der Waals surface area contributed by atoms with Gasteiger partial charge in [-0.25, -0.2) is 0 Å². The van der Waals surface area contributed by atoms with Crippen LogP contribution in [0.1, 0.15) is 13.3 Å². The van der Waals surface area contributed by atoms with E-state index >= 15 is 0 Å². The number of nitrogens with zero attached hydrogens (tertiary/aromatic N) is 1. The molecule has 3 rings (SSSR count). The number of hydrogen-bond acceptors (Lipinski definition) is 8. The van der Waals surface area contributed by atoms with E-state index in [4.69, 9.17) is 4.74 Å². The van der Waals surface area contributed by atoms with E-state index < -0.39 is 24.2 Å². The Kier molecular flexibility index (Phi) is 6.99. The van der Waals surface area contributed by atoms with E-state index in [0.29, 0.717) is 18.3 Å². The molecule has 1 aliphatic carbocycles. The number of aliphatic hydroxyl groups is 2. The Hall–Kier alpha value is -2.30. The first-order valence-electron chi connectivity index (χ1n) is 9.43. The standard InChI is InChI=1S/C19H26N4O5S/c1-10(24)20-7-8-21-18(27)13-9-14(25)16(26)15-17(13)29-19(23-15)22-11-3-5-12(28-2)6-4-11/h3-6,13-17,25-26H,7-9H2,1-2H3,(H,20,24)(H,21,27)(H,22,23). The van der Waals surface area contributed by atoms with Crippen molar-refractivity contribution in [3.05, 3.63) is 24.3 Å². The van der Waals surface area contributed by atoms with Crippen molar-refractivity contribution in [3.8, 4) is 5.75 Å². The number of aliphatic hydroxyl groups excluding tert-OH is 2. The largest absolute Gasteiger partial charge is 0.497 e. The number of carbonyl (C=O) groups excluding carboxylic acids is 2. The molecule has 1 fully saturated rings. The molecule has 29 heavy (non-hydrogen) atoms. The third kappa shape index (κ3) is 5.20. The summed E-state index contributed by atoms with van der Waals surface area (Å²) in [6, 6.07) is 6.76. The molecule has 2 amide bonds. The predicted molar refractivity (Wildman–Crippen MR) is 111 cm³/mol. The number of benzene rings is 1. The lowest BCUT2D eigenvalue weighted by molar-refractivity contribution is -0.129. The highest BCUT2D eigenvalue weighted by Gasteiger charge is 2.50. The number of methoxy groups -OCH3 is 1. The van der Waals surface area contributed by atoms with Crippen LogP contribution >= 0.6 is 11.8 Å². The molecule has 0 radical (unpaired) electrons. The molecule has 5 atom stereocenters. The number of hydrogen-bond donors (Lipinski definition) is 5. The number of fused-ring (bicyclic) bond motifs is 1. The van der Waals surface area contributed by atoms with Crippen LogP contribution in [-0.4, -0.2) is 70.9 Å². The summed E-state index contributed by atoms with van der Waals surface area (Å²) in [7, 11) is 1.60. The maximum Gasteiger partial charge on any atom is 0.224 e. The maximum atomic E-state index is 12.7. The van der Waals surface area contributed by atoms with E-state index in [-0.39, 0.29) is 23.5 Å². The zero-order valence-electron chi connectivity index (χ0n) is 16.3. The van der Waals surface area contributed by atoms with Crippen LogP contribution in [0.15, 0.2) is 29.3 Å². The lowest BCUT2D eigenvalue weighted by atomic mass is 9.81. The molecule has 158 valence electrons. The molecule has 1 aromatic carbocycles. The first-order valence-corrected chi connectivity index (χ1v) is 10.3. The first-order chi connectivity index (χ1) is 13.9. The van der Waals surface area contributed by atoms with E-state index in [1.54, 1.807) is 7.11 Å². The van der Waals surface area contributed by atoms with Crippen LogP contribution in [0.4, 0.5) is 5.69 Å². The van der Waals surface area contributed by atoms with Gasteiger partial charge in [0.15, 0.2) is 5.17 Å². The van der Waals surface area contributed by atoms with E-state index in [1.807, 2.05) is 24.3 Å². The van der Waals surface area contributed by atoms with Gasteiger partial charge in [-0.3, -0.25) is 14.6 Å². The predicted octanol–water partition coefficient (Wildman–Crippen LogP) is -0.0589. The van der Waals surface area contributed by atoms with E-state index in [0.717, 1.165) is 11.4 Å². The minimum atomic E-state index is -1.02. The second-order valence-corrected chi connectivity index (χ2v) is 8.20. The van der Waals surface area contributed by atoms with Gasteiger partial charge in [0.1, 0.15) is 11.9 Å². The van der Waals surface area contributed by atoms with Crippen LogP contribution in [0.2, 0.25) is 0 Å². The van der Waals surface area contributed by atoms with Crippen LogP contribution in [0.3, 0.4) is 0 Å². The van der Waals surface area contributed by atoms with E-state index in [1.165, 1.54) is 18.7 Å². The number of carbonyl (C=O) groups is 2. The number of rotatable bonds is 6. The molecule has 0 saturated heterocycles. The zero-order valence-corrected chi connectivity index (χ0v) is 17.1. The van der Waals surface area contributed by atoms with Gasteiger partial charge in [-0.1, -0.05) is 11.8 Å². The molecular formula is C19H26N4O5S. The van der Waals surface area contributed by atoms with Crippen LogP contribution < -0.4 is 20.7 Å². The monoisotopic (exact) mass is 422 g/mol. The number of thioether (sulfide) groups is 1. The molecule has 1 aliphatic heterocycles. The summed E-state index contributed by atoms with van der Waals surface area (Å²) in [4.78, 5) is 28.1. The first kappa shape index (κ1) is 21.4. The Balaban J connectivity index is 1.64. The SMILES string of the molecule is COc1ccc(NC2=NC3C(O)C(O)CC(C(=O)NCCNC(C)=O)C3S2)cc1.